The standard InChI is InChI=1S/C9H20O2SSi/c1-3-13(8-4-7-12)10-6-5-9(2)11-13/h9,12H,3-8H2,1-2H3. The van der Waals surface area contributed by atoms with Gasteiger partial charge in [-0.25, -0.2) is 0 Å². The third-order valence-corrected chi connectivity index (χ3v) is 6.63. The Balaban J connectivity index is 2.46. The number of thiol groups is 1. The molecule has 0 bridgehead atoms. The van der Waals surface area contributed by atoms with Gasteiger partial charge in [-0.05, 0) is 37.6 Å². The van der Waals surface area contributed by atoms with Crippen molar-refractivity contribution in [3.05, 3.63) is 0 Å². The Hall–Kier alpha value is 0.487. The summed E-state index contributed by atoms with van der Waals surface area (Å²) in [5.74, 6) is 0.940. The van der Waals surface area contributed by atoms with Crippen molar-refractivity contribution in [1.82, 2.24) is 0 Å². The Morgan fingerprint density at radius 3 is 2.85 bits per heavy atom. The Morgan fingerprint density at radius 2 is 2.31 bits per heavy atom. The Kier molecular flexibility index (Phi) is 4.79. The van der Waals surface area contributed by atoms with Crippen molar-refractivity contribution in [2.45, 2.75) is 44.9 Å². The molecule has 0 amide bonds. The van der Waals surface area contributed by atoms with Crippen LogP contribution in [0.2, 0.25) is 12.1 Å². The van der Waals surface area contributed by atoms with Crippen LogP contribution in [-0.2, 0) is 8.85 Å². The molecule has 2 atom stereocenters. The van der Waals surface area contributed by atoms with Gasteiger partial charge in [0.25, 0.3) is 0 Å². The highest BCUT2D eigenvalue weighted by Gasteiger charge is 2.39. The van der Waals surface area contributed by atoms with E-state index in [1.165, 1.54) is 0 Å². The third-order valence-electron chi connectivity index (χ3n) is 2.56. The van der Waals surface area contributed by atoms with Crippen LogP contribution in [0, 0.1) is 0 Å². The first-order valence-electron chi connectivity index (χ1n) is 5.15. The lowest BCUT2D eigenvalue weighted by atomic mass is 10.3. The zero-order valence-corrected chi connectivity index (χ0v) is 10.5. The topological polar surface area (TPSA) is 18.5 Å². The average molecular weight is 220 g/mol. The molecule has 1 aliphatic rings. The SMILES string of the molecule is CC[Si]1(CCCS)OCCC(C)O1. The number of hydrogen-bond donors (Lipinski definition) is 1. The van der Waals surface area contributed by atoms with Crippen LogP contribution >= 0.6 is 12.6 Å². The largest absolute Gasteiger partial charge is 0.394 e. The molecule has 0 aromatic rings. The minimum absolute atomic E-state index is 0.403. The second kappa shape index (κ2) is 5.39. The lowest BCUT2D eigenvalue weighted by Crippen LogP contribution is -2.48. The van der Waals surface area contributed by atoms with Crippen LogP contribution in [-0.4, -0.2) is 27.0 Å². The smallest absolute Gasteiger partial charge is 0.338 e. The zero-order chi connectivity index (χ0) is 9.73. The van der Waals surface area contributed by atoms with Gasteiger partial charge >= 0.3 is 8.56 Å². The molecule has 1 heterocycles. The summed E-state index contributed by atoms with van der Waals surface area (Å²) in [5, 5.41) is 0. The molecule has 1 aliphatic heterocycles. The van der Waals surface area contributed by atoms with Gasteiger partial charge in [-0.15, -0.1) is 0 Å². The lowest BCUT2D eigenvalue weighted by Gasteiger charge is -2.37. The van der Waals surface area contributed by atoms with Crippen molar-refractivity contribution in [3.63, 3.8) is 0 Å². The maximum absolute atomic E-state index is 6.01. The minimum Gasteiger partial charge on any atom is -0.394 e. The van der Waals surface area contributed by atoms with Crippen molar-refractivity contribution in [1.29, 1.82) is 0 Å². The van der Waals surface area contributed by atoms with Crippen LogP contribution < -0.4 is 0 Å². The molecule has 0 spiro atoms. The molecule has 13 heavy (non-hydrogen) atoms. The fourth-order valence-electron chi connectivity index (χ4n) is 1.71. The van der Waals surface area contributed by atoms with Crippen molar-refractivity contribution in [2.24, 2.45) is 0 Å². The van der Waals surface area contributed by atoms with E-state index in [9.17, 15) is 0 Å². The normalized spacial score (nSPS) is 34.8. The molecule has 2 nitrogen and oxygen atoms in total. The van der Waals surface area contributed by atoms with Gasteiger partial charge in [-0.1, -0.05) is 6.92 Å². The highest BCUT2D eigenvalue weighted by atomic mass is 32.1. The summed E-state index contributed by atoms with van der Waals surface area (Å²) in [6.07, 6.45) is 2.58. The quantitative estimate of drug-likeness (QED) is 0.580. The summed E-state index contributed by atoms with van der Waals surface area (Å²) in [6.45, 7) is 5.23. The van der Waals surface area contributed by atoms with E-state index in [4.69, 9.17) is 8.85 Å². The van der Waals surface area contributed by atoms with Crippen LogP contribution in [0.3, 0.4) is 0 Å². The van der Waals surface area contributed by atoms with E-state index in [2.05, 4.69) is 26.5 Å². The number of hydrogen-bond acceptors (Lipinski definition) is 3. The summed E-state index contributed by atoms with van der Waals surface area (Å²) >= 11 is 4.23. The van der Waals surface area contributed by atoms with Gasteiger partial charge in [0.2, 0.25) is 0 Å². The van der Waals surface area contributed by atoms with Gasteiger partial charge in [0.15, 0.2) is 0 Å². The van der Waals surface area contributed by atoms with E-state index in [-0.39, 0.29) is 0 Å². The maximum atomic E-state index is 6.01. The van der Waals surface area contributed by atoms with Gasteiger partial charge in [0.1, 0.15) is 0 Å². The van der Waals surface area contributed by atoms with Crippen LogP contribution in [0.4, 0.5) is 0 Å². The summed E-state index contributed by atoms with van der Waals surface area (Å²) in [5.41, 5.74) is 0. The molecule has 78 valence electrons. The molecule has 1 fully saturated rings. The second-order valence-corrected chi connectivity index (χ2v) is 7.66. The third kappa shape index (κ3) is 3.27. The Morgan fingerprint density at radius 1 is 1.54 bits per heavy atom. The summed E-state index contributed by atoms with van der Waals surface area (Å²) in [4.78, 5) is 0. The molecular formula is C9H20O2SSi. The van der Waals surface area contributed by atoms with Gasteiger partial charge in [0, 0.05) is 12.7 Å². The molecule has 0 aromatic heterocycles. The van der Waals surface area contributed by atoms with E-state index in [0.29, 0.717) is 6.10 Å². The van der Waals surface area contributed by atoms with Gasteiger partial charge in [-0.2, -0.15) is 12.6 Å². The van der Waals surface area contributed by atoms with Crippen molar-refractivity contribution < 1.29 is 8.85 Å². The van der Waals surface area contributed by atoms with E-state index < -0.39 is 8.56 Å². The van der Waals surface area contributed by atoms with Crippen molar-refractivity contribution in [3.8, 4) is 0 Å². The van der Waals surface area contributed by atoms with E-state index in [0.717, 1.165) is 37.3 Å². The van der Waals surface area contributed by atoms with E-state index in [1.54, 1.807) is 0 Å². The van der Waals surface area contributed by atoms with Crippen molar-refractivity contribution >= 4 is 21.2 Å². The van der Waals surface area contributed by atoms with Crippen LogP contribution in [0.1, 0.15) is 26.7 Å². The predicted octanol–water partition coefficient (Wildman–Crippen LogP) is 2.59. The molecule has 0 aliphatic carbocycles. The van der Waals surface area contributed by atoms with E-state index in [1.807, 2.05) is 0 Å². The monoisotopic (exact) mass is 220 g/mol. The van der Waals surface area contributed by atoms with Gasteiger partial charge in [0.05, 0.1) is 0 Å². The highest BCUT2D eigenvalue weighted by molar-refractivity contribution is 7.80. The molecular weight excluding hydrogens is 200 g/mol. The van der Waals surface area contributed by atoms with Crippen molar-refractivity contribution in [2.75, 3.05) is 12.4 Å². The first kappa shape index (κ1) is 11.6. The summed E-state index contributed by atoms with van der Waals surface area (Å²) < 4.78 is 11.9. The number of rotatable bonds is 4. The molecule has 2 unspecified atom stereocenters. The van der Waals surface area contributed by atoms with Crippen LogP contribution in [0.5, 0.6) is 0 Å². The highest BCUT2D eigenvalue weighted by Crippen LogP contribution is 2.27. The maximum Gasteiger partial charge on any atom is 0.338 e. The van der Waals surface area contributed by atoms with Gasteiger partial charge < -0.3 is 8.85 Å². The molecule has 0 aromatic carbocycles. The fourth-order valence-corrected chi connectivity index (χ4v) is 5.28. The van der Waals surface area contributed by atoms with E-state index >= 15 is 0 Å². The Labute approximate surface area is 87.7 Å². The molecule has 0 N–H and O–H groups in total. The molecule has 0 saturated carbocycles. The van der Waals surface area contributed by atoms with Crippen LogP contribution in [0.15, 0.2) is 0 Å². The molecule has 0 radical (unpaired) electrons. The van der Waals surface area contributed by atoms with Gasteiger partial charge in [-0.3, -0.25) is 0 Å². The second-order valence-electron chi connectivity index (χ2n) is 3.66. The van der Waals surface area contributed by atoms with Crippen LogP contribution in [0.25, 0.3) is 0 Å². The first-order chi connectivity index (χ1) is 6.22. The Bertz CT molecular complexity index is 157. The molecule has 1 rings (SSSR count). The summed E-state index contributed by atoms with van der Waals surface area (Å²) in [7, 11) is -1.79. The average Bonchev–Trinajstić information content (AvgIpc) is 2.15. The first-order valence-corrected chi connectivity index (χ1v) is 8.01. The molecule has 1 saturated heterocycles. The lowest BCUT2D eigenvalue weighted by molar-refractivity contribution is 0.0567. The molecule has 4 heteroatoms. The zero-order valence-electron chi connectivity index (χ0n) is 8.58. The predicted molar refractivity (Wildman–Crippen MR) is 60.6 cm³/mol. The minimum atomic E-state index is -1.79. The fraction of sp³-hybridized carbons (Fsp3) is 1.00. The summed E-state index contributed by atoms with van der Waals surface area (Å²) in [6, 6.07) is 2.18.